The van der Waals surface area contributed by atoms with E-state index in [0.717, 1.165) is 0 Å². The van der Waals surface area contributed by atoms with Crippen molar-refractivity contribution in [1.82, 2.24) is 0 Å². The number of carbonyl (C=O) groups is 1. The number of carboxylic acid groups (broad SMARTS) is 2. The average Bonchev–Trinajstić information content (AvgIpc) is 0.811. The van der Waals surface area contributed by atoms with Crippen molar-refractivity contribution < 1.29 is 32.1 Å². The van der Waals surface area contributed by atoms with Crippen molar-refractivity contribution in [2.75, 3.05) is 0 Å². The third kappa shape index (κ3) is 2100. The van der Waals surface area contributed by atoms with E-state index < -0.39 is 6.16 Å². The van der Waals surface area contributed by atoms with E-state index in [0.29, 0.717) is 0 Å². The zero-order chi connectivity index (χ0) is 3.58. The minimum Gasteiger partial charge on any atom is -0.450 e. The zero-order valence-corrected chi connectivity index (χ0v) is 4.76. The molecule has 0 rings (SSSR count). The summed E-state index contributed by atoms with van der Waals surface area (Å²) >= 11 is 0. The summed E-state index contributed by atoms with van der Waals surface area (Å²) in [4.78, 5) is 8.56. The standard InChI is InChI=1S/CH2O3.Fe.H2S/c2-1(3)4;;/h(H2,2,3,4);;1H2. The van der Waals surface area contributed by atoms with Gasteiger partial charge in [0.25, 0.3) is 0 Å². The van der Waals surface area contributed by atoms with Crippen LogP contribution in [0.5, 0.6) is 0 Å². The van der Waals surface area contributed by atoms with Gasteiger partial charge in [0.2, 0.25) is 0 Å². The summed E-state index contributed by atoms with van der Waals surface area (Å²) in [6.07, 6.45) is -1.83. The van der Waals surface area contributed by atoms with Gasteiger partial charge >= 0.3 is 6.16 Å². The van der Waals surface area contributed by atoms with Crippen LogP contribution >= 0.6 is 13.5 Å². The Labute approximate surface area is 52.3 Å². The summed E-state index contributed by atoms with van der Waals surface area (Å²) in [7, 11) is 0. The van der Waals surface area contributed by atoms with Gasteiger partial charge in [0.15, 0.2) is 0 Å². The summed E-state index contributed by atoms with van der Waals surface area (Å²) in [6.45, 7) is 0. The molecule has 0 aliphatic carbocycles. The summed E-state index contributed by atoms with van der Waals surface area (Å²) in [5.41, 5.74) is 0. The maximum absolute atomic E-state index is 8.56. The molecule has 0 atom stereocenters. The first-order chi connectivity index (χ1) is 1.73. The number of rotatable bonds is 0. The molecule has 3 nitrogen and oxygen atoms in total. The first-order valence-corrected chi connectivity index (χ1v) is 0.651. The van der Waals surface area contributed by atoms with Crippen LogP contribution in [0.25, 0.3) is 0 Å². The first kappa shape index (κ1) is 16.5. The van der Waals surface area contributed by atoms with Gasteiger partial charge in [-0.2, -0.15) is 13.5 Å². The van der Waals surface area contributed by atoms with E-state index in [1.54, 1.807) is 0 Å². The Morgan fingerprint density at radius 2 is 1.33 bits per heavy atom. The molecule has 0 aromatic rings. The summed E-state index contributed by atoms with van der Waals surface area (Å²) in [5, 5.41) is 13.9. The molecule has 0 bridgehead atoms. The van der Waals surface area contributed by atoms with Gasteiger partial charge in [0.1, 0.15) is 0 Å². The van der Waals surface area contributed by atoms with Gasteiger partial charge in [-0.15, -0.1) is 0 Å². The fraction of sp³-hybridized carbons (Fsp3) is 0. The van der Waals surface area contributed by atoms with Gasteiger partial charge in [-0.3, -0.25) is 0 Å². The smallest absolute Gasteiger partial charge is 0.450 e. The molecule has 40 valence electrons. The van der Waals surface area contributed by atoms with Crippen molar-refractivity contribution in [2.24, 2.45) is 0 Å². The van der Waals surface area contributed by atoms with E-state index in [9.17, 15) is 0 Å². The predicted molar refractivity (Wildman–Crippen MR) is 21.0 cm³/mol. The van der Waals surface area contributed by atoms with Crippen LogP contribution in [0.1, 0.15) is 0 Å². The molecule has 0 saturated carbocycles. The number of hydrogen-bond acceptors (Lipinski definition) is 1. The van der Waals surface area contributed by atoms with E-state index in [2.05, 4.69) is 0 Å². The van der Waals surface area contributed by atoms with Gasteiger partial charge in [0, 0.05) is 17.1 Å². The van der Waals surface area contributed by atoms with Crippen molar-refractivity contribution in [3.63, 3.8) is 0 Å². The van der Waals surface area contributed by atoms with Crippen LogP contribution in [0, 0.1) is 0 Å². The minimum absolute atomic E-state index is 0. The van der Waals surface area contributed by atoms with Crippen LogP contribution in [-0.4, -0.2) is 16.4 Å². The number of hydrogen-bond donors (Lipinski definition) is 2. The van der Waals surface area contributed by atoms with E-state index in [1.165, 1.54) is 0 Å². The molecule has 0 saturated heterocycles. The Kier molecular flexibility index (Phi) is 24.5. The van der Waals surface area contributed by atoms with E-state index in [1.807, 2.05) is 0 Å². The summed E-state index contributed by atoms with van der Waals surface area (Å²) in [6, 6.07) is 0. The Bertz CT molecular complexity index is 33.8. The van der Waals surface area contributed by atoms with Crippen molar-refractivity contribution >= 4 is 19.7 Å². The molecule has 0 aliphatic heterocycles. The molecular weight excluding hydrogens is 148 g/mol. The molecule has 0 amide bonds. The van der Waals surface area contributed by atoms with Crippen LogP contribution in [0.2, 0.25) is 0 Å². The largest absolute Gasteiger partial charge is 0.503 e. The third-order valence-corrected chi connectivity index (χ3v) is 0. The summed E-state index contributed by atoms with van der Waals surface area (Å²) < 4.78 is 0. The second kappa shape index (κ2) is 8.94. The maximum Gasteiger partial charge on any atom is 0.503 e. The molecule has 6 heavy (non-hydrogen) atoms. The molecule has 0 aromatic carbocycles. The first-order valence-electron chi connectivity index (χ1n) is 0.651. The van der Waals surface area contributed by atoms with Gasteiger partial charge in [0.05, 0.1) is 0 Å². The monoisotopic (exact) mass is 152 g/mol. The molecule has 5 heteroatoms. The molecule has 0 heterocycles. The molecule has 0 spiro atoms. The maximum atomic E-state index is 8.56. The second-order valence-corrected chi connectivity index (χ2v) is 0.283. The predicted octanol–water partition coefficient (Wildman–Crippen LogP) is 0.333. The topological polar surface area (TPSA) is 57.5 Å². The van der Waals surface area contributed by atoms with E-state index in [-0.39, 0.29) is 30.6 Å². The third-order valence-electron chi connectivity index (χ3n) is 0. The molecule has 0 aromatic heterocycles. The minimum atomic E-state index is -1.83. The van der Waals surface area contributed by atoms with Crippen LogP contribution in [0.15, 0.2) is 0 Å². The van der Waals surface area contributed by atoms with Crippen molar-refractivity contribution in [3.05, 3.63) is 0 Å². The van der Waals surface area contributed by atoms with Gasteiger partial charge in [-0.05, 0) is 0 Å². The Balaban J connectivity index is -0.0000000450. The van der Waals surface area contributed by atoms with Gasteiger partial charge < -0.3 is 10.2 Å². The van der Waals surface area contributed by atoms with Gasteiger partial charge in [-0.1, -0.05) is 0 Å². The fourth-order valence-electron chi connectivity index (χ4n) is 0. The average molecular weight is 152 g/mol. The molecule has 0 radical (unpaired) electrons. The van der Waals surface area contributed by atoms with Gasteiger partial charge in [-0.25, -0.2) is 4.79 Å². The second-order valence-electron chi connectivity index (χ2n) is 0.283. The van der Waals surface area contributed by atoms with E-state index in [4.69, 9.17) is 15.0 Å². The van der Waals surface area contributed by atoms with Crippen LogP contribution in [-0.2, 0) is 17.1 Å². The van der Waals surface area contributed by atoms with Crippen molar-refractivity contribution in [1.29, 1.82) is 0 Å². The Morgan fingerprint density at radius 3 is 1.33 bits per heavy atom. The van der Waals surface area contributed by atoms with Crippen LogP contribution < -0.4 is 0 Å². The van der Waals surface area contributed by atoms with Crippen LogP contribution in [0.3, 0.4) is 0 Å². The fourth-order valence-corrected chi connectivity index (χ4v) is 0. The zero-order valence-electron chi connectivity index (χ0n) is 2.66. The van der Waals surface area contributed by atoms with E-state index >= 15 is 0 Å². The van der Waals surface area contributed by atoms with Crippen molar-refractivity contribution in [2.45, 2.75) is 0 Å². The normalized spacial score (nSPS) is 4.00. The molecule has 0 aliphatic rings. The Hall–Kier alpha value is 0.139. The SMILES string of the molecule is O=C(O)O.S.[Fe]. The molecule has 2 N–H and O–H groups in total. The molecular formula is CH4FeO3S. The molecule has 0 fully saturated rings. The summed E-state index contributed by atoms with van der Waals surface area (Å²) in [5.74, 6) is 0. The molecule has 0 unspecified atom stereocenters. The van der Waals surface area contributed by atoms with Crippen molar-refractivity contribution in [3.8, 4) is 0 Å². The van der Waals surface area contributed by atoms with Crippen LogP contribution in [0.4, 0.5) is 4.79 Å². The quantitative estimate of drug-likeness (QED) is 0.491. The Morgan fingerprint density at radius 1 is 1.33 bits per heavy atom.